The van der Waals surface area contributed by atoms with Crippen molar-refractivity contribution in [2.24, 2.45) is 0 Å². The number of hydrogen-bond acceptors (Lipinski definition) is 7. The summed E-state index contributed by atoms with van der Waals surface area (Å²) in [5.41, 5.74) is 4.96. The van der Waals surface area contributed by atoms with Crippen molar-refractivity contribution in [3.05, 3.63) is 58.3 Å². The summed E-state index contributed by atoms with van der Waals surface area (Å²) < 4.78 is 3.47. The summed E-state index contributed by atoms with van der Waals surface area (Å²) in [4.78, 5) is 19.2. The Balaban J connectivity index is 1.27. The van der Waals surface area contributed by atoms with Crippen molar-refractivity contribution in [2.75, 3.05) is 48.8 Å². The molecule has 1 saturated carbocycles. The van der Waals surface area contributed by atoms with E-state index in [4.69, 9.17) is 9.97 Å². The molecular weight excluding hydrogens is 563 g/mol. The maximum Gasteiger partial charge on any atom is 0.229 e. The van der Waals surface area contributed by atoms with E-state index in [-0.39, 0.29) is 0 Å². The first-order valence-electron chi connectivity index (χ1n) is 12.7. The molecule has 2 fully saturated rings. The lowest BCUT2D eigenvalue weighted by atomic mass is 10.2. The lowest BCUT2D eigenvalue weighted by Gasteiger charge is -2.34. The molecule has 186 valence electrons. The average molecular weight is 595 g/mol. The van der Waals surface area contributed by atoms with Gasteiger partial charge in [0.05, 0.1) is 6.20 Å². The molecule has 0 radical (unpaired) electrons. The second-order valence-corrected chi connectivity index (χ2v) is 11.0. The minimum atomic E-state index is 0.394. The van der Waals surface area contributed by atoms with E-state index in [0.717, 1.165) is 67.5 Å². The largest absolute Gasteiger partial charge is 0.369 e. The van der Waals surface area contributed by atoms with Gasteiger partial charge in [-0.2, -0.15) is 4.98 Å². The molecule has 0 bridgehead atoms. The van der Waals surface area contributed by atoms with Crippen molar-refractivity contribution >= 4 is 62.7 Å². The van der Waals surface area contributed by atoms with Crippen LogP contribution >= 0.6 is 22.6 Å². The monoisotopic (exact) mass is 594 g/mol. The SMILES string of the molecule is CN1CCN(c2ccc(Nc3ncc4nc(Nc5cccc(I)c5)n(C5CCCC5)c4n3)cc2)CC1. The van der Waals surface area contributed by atoms with E-state index in [1.54, 1.807) is 0 Å². The summed E-state index contributed by atoms with van der Waals surface area (Å²) >= 11 is 2.34. The van der Waals surface area contributed by atoms with E-state index in [1.807, 2.05) is 6.20 Å². The van der Waals surface area contributed by atoms with Crippen molar-refractivity contribution in [3.8, 4) is 0 Å². The fourth-order valence-electron chi connectivity index (χ4n) is 5.19. The molecule has 2 aromatic carbocycles. The normalized spacial score (nSPS) is 17.1. The summed E-state index contributed by atoms with van der Waals surface area (Å²) in [5.74, 6) is 1.43. The van der Waals surface area contributed by atoms with Gasteiger partial charge in [-0.05, 0) is 84.9 Å². The number of hydrogen-bond donors (Lipinski definition) is 2. The van der Waals surface area contributed by atoms with E-state index in [1.165, 1.54) is 22.1 Å². The van der Waals surface area contributed by atoms with Crippen LogP contribution in [0.15, 0.2) is 54.7 Å². The Morgan fingerprint density at radius 1 is 0.889 bits per heavy atom. The van der Waals surface area contributed by atoms with E-state index >= 15 is 0 Å². The van der Waals surface area contributed by atoms with Gasteiger partial charge in [0.15, 0.2) is 5.65 Å². The third-order valence-corrected chi connectivity index (χ3v) is 7.87. The molecular formula is C27H31IN8. The first-order valence-corrected chi connectivity index (χ1v) is 13.8. The molecule has 2 N–H and O–H groups in total. The topological polar surface area (TPSA) is 74.1 Å². The predicted molar refractivity (Wildman–Crippen MR) is 155 cm³/mol. The molecule has 2 aromatic heterocycles. The number of halogens is 1. The van der Waals surface area contributed by atoms with Gasteiger partial charge in [0.1, 0.15) is 5.52 Å². The number of piperazine rings is 1. The number of anilines is 5. The highest BCUT2D eigenvalue weighted by Crippen LogP contribution is 2.36. The summed E-state index contributed by atoms with van der Waals surface area (Å²) in [6, 6.07) is 17.3. The molecule has 8 nitrogen and oxygen atoms in total. The Bertz CT molecular complexity index is 1340. The number of aromatic nitrogens is 4. The standard InChI is InChI=1S/C27H31IN8/c1-34-13-15-35(16-14-34)22-11-9-20(10-12-22)30-26-29-18-24-25(33-26)36(23-7-2-3-8-23)27(32-24)31-21-6-4-5-19(28)17-21/h4-6,9-12,17-18,23H,2-3,7-8,13-16H2,1H3,(H,31,32)(H,29,30,33). The third-order valence-electron chi connectivity index (χ3n) is 7.20. The number of benzene rings is 2. The third kappa shape index (κ3) is 4.99. The van der Waals surface area contributed by atoms with Crippen molar-refractivity contribution in [3.63, 3.8) is 0 Å². The zero-order valence-electron chi connectivity index (χ0n) is 20.5. The molecule has 6 rings (SSSR count). The van der Waals surface area contributed by atoms with Gasteiger partial charge in [-0.1, -0.05) is 18.9 Å². The van der Waals surface area contributed by atoms with Gasteiger partial charge in [-0.3, -0.25) is 4.57 Å². The van der Waals surface area contributed by atoms with Crippen LogP contribution in [-0.4, -0.2) is 57.6 Å². The molecule has 4 aromatic rings. The molecule has 0 atom stereocenters. The summed E-state index contributed by atoms with van der Waals surface area (Å²) in [7, 11) is 2.18. The van der Waals surface area contributed by atoms with Crippen molar-refractivity contribution in [1.29, 1.82) is 0 Å². The average Bonchev–Trinajstić information content (AvgIpc) is 3.52. The quantitative estimate of drug-likeness (QED) is 0.274. The van der Waals surface area contributed by atoms with Crippen LogP contribution in [0.4, 0.5) is 29.0 Å². The van der Waals surface area contributed by atoms with Crippen molar-refractivity contribution in [2.45, 2.75) is 31.7 Å². The second kappa shape index (κ2) is 10.2. The van der Waals surface area contributed by atoms with Crippen molar-refractivity contribution in [1.82, 2.24) is 24.4 Å². The summed E-state index contributed by atoms with van der Waals surface area (Å²) in [6.07, 6.45) is 6.60. The van der Waals surface area contributed by atoms with Gasteiger partial charge in [0.2, 0.25) is 11.9 Å². The number of rotatable bonds is 6. The molecule has 1 aliphatic heterocycles. The molecule has 36 heavy (non-hydrogen) atoms. The smallest absolute Gasteiger partial charge is 0.229 e. The number of fused-ring (bicyclic) bond motifs is 1. The molecule has 2 aliphatic rings. The molecule has 0 spiro atoms. The fraction of sp³-hybridized carbons (Fsp3) is 0.370. The molecule has 9 heteroatoms. The Morgan fingerprint density at radius 3 is 2.42 bits per heavy atom. The van der Waals surface area contributed by atoms with E-state index < -0.39 is 0 Å². The van der Waals surface area contributed by atoms with Crippen LogP contribution in [0.2, 0.25) is 0 Å². The minimum absolute atomic E-state index is 0.394. The van der Waals surface area contributed by atoms with Crippen molar-refractivity contribution < 1.29 is 0 Å². The zero-order chi connectivity index (χ0) is 24.5. The van der Waals surface area contributed by atoms with Crippen LogP contribution in [0, 0.1) is 3.57 Å². The Hall–Kier alpha value is -2.92. The van der Waals surface area contributed by atoms with Crippen LogP contribution in [0.5, 0.6) is 0 Å². The summed E-state index contributed by atoms with van der Waals surface area (Å²) in [5, 5.41) is 6.95. The Morgan fingerprint density at radius 2 is 1.67 bits per heavy atom. The first kappa shape index (κ1) is 23.5. The van der Waals surface area contributed by atoms with Gasteiger partial charge in [-0.25, -0.2) is 9.97 Å². The van der Waals surface area contributed by atoms with Crippen LogP contribution in [0.3, 0.4) is 0 Å². The first-order chi connectivity index (χ1) is 17.6. The van der Waals surface area contributed by atoms with Crippen LogP contribution < -0.4 is 15.5 Å². The maximum atomic E-state index is 4.94. The Kier molecular flexibility index (Phi) is 6.66. The second-order valence-electron chi connectivity index (χ2n) is 9.74. The zero-order valence-corrected chi connectivity index (χ0v) is 22.6. The number of imidazole rings is 1. The van der Waals surface area contributed by atoms with Crippen LogP contribution in [0.1, 0.15) is 31.7 Å². The molecule has 0 amide bonds. The van der Waals surface area contributed by atoms with Gasteiger partial charge in [-0.15, -0.1) is 0 Å². The van der Waals surface area contributed by atoms with Crippen LogP contribution in [-0.2, 0) is 0 Å². The van der Waals surface area contributed by atoms with Gasteiger partial charge < -0.3 is 20.4 Å². The lowest BCUT2D eigenvalue weighted by molar-refractivity contribution is 0.313. The van der Waals surface area contributed by atoms with Crippen LogP contribution in [0.25, 0.3) is 11.2 Å². The molecule has 1 aliphatic carbocycles. The minimum Gasteiger partial charge on any atom is -0.369 e. The fourth-order valence-corrected chi connectivity index (χ4v) is 5.74. The molecule has 3 heterocycles. The highest BCUT2D eigenvalue weighted by Gasteiger charge is 2.24. The summed E-state index contributed by atoms with van der Waals surface area (Å²) in [6.45, 7) is 4.32. The number of likely N-dealkylation sites (N-methyl/N-ethyl adjacent to an activating group) is 1. The molecule has 0 unspecified atom stereocenters. The highest BCUT2D eigenvalue weighted by atomic mass is 127. The van der Waals surface area contributed by atoms with E-state index in [9.17, 15) is 0 Å². The van der Waals surface area contributed by atoms with E-state index in [2.05, 4.69) is 108 Å². The maximum absolute atomic E-state index is 4.94. The lowest BCUT2D eigenvalue weighted by Crippen LogP contribution is -2.44. The highest BCUT2D eigenvalue weighted by molar-refractivity contribution is 14.1. The van der Waals surface area contributed by atoms with Gasteiger partial charge >= 0.3 is 0 Å². The number of nitrogens with zero attached hydrogens (tertiary/aromatic N) is 6. The predicted octanol–water partition coefficient (Wildman–Crippen LogP) is 5.79. The van der Waals surface area contributed by atoms with Gasteiger partial charge in [0, 0.05) is 52.9 Å². The van der Waals surface area contributed by atoms with Gasteiger partial charge in [0.25, 0.3) is 0 Å². The number of nitrogens with one attached hydrogen (secondary N) is 2. The Labute approximate surface area is 225 Å². The molecule has 1 saturated heterocycles. The van der Waals surface area contributed by atoms with E-state index in [0.29, 0.717) is 12.0 Å².